The number of unbranched alkanes of at least 4 members (excludes halogenated alkanes) is 3. The molecule has 1 amide bonds. The lowest BCUT2D eigenvalue weighted by Gasteiger charge is -2.30. The van der Waals surface area contributed by atoms with Crippen LogP contribution in [0.2, 0.25) is 0 Å². The predicted octanol–water partition coefficient (Wildman–Crippen LogP) is 1.52. The van der Waals surface area contributed by atoms with E-state index in [-0.39, 0.29) is 6.04 Å². The number of piperidine rings is 1. The highest BCUT2D eigenvalue weighted by molar-refractivity contribution is 5.77. The monoisotopic (exact) mass is 198 g/mol. The zero-order valence-electron chi connectivity index (χ0n) is 9.17. The van der Waals surface area contributed by atoms with E-state index in [1.54, 1.807) is 0 Å². The van der Waals surface area contributed by atoms with Crippen molar-refractivity contribution in [2.24, 2.45) is 5.73 Å². The van der Waals surface area contributed by atoms with E-state index in [1.165, 1.54) is 19.3 Å². The van der Waals surface area contributed by atoms with Crippen LogP contribution in [0.25, 0.3) is 0 Å². The van der Waals surface area contributed by atoms with Gasteiger partial charge in [-0.05, 0) is 12.8 Å². The van der Waals surface area contributed by atoms with Crippen LogP contribution in [0.1, 0.15) is 45.4 Å². The summed E-state index contributed by atoms with van der Waals surface area (Å²) in [7, 11) is 0. The number of hydrogen-bond donors (Lipinski definition) is 1. The summed E-state index contributed by atoms with van der Waals surface area (Å²) in [4.78, 5) is 13.4. The van der Waals surface area contributed by atoms with Crippen molar-refractivity contribution in [1.82, 2.24) is 4.90 Å². The van der Waals surface area contributed by atoms with Crippen molar-refractivity contribution in [2.45, 2.75) is 51.5 Å². The molecular formula is C11H22N2O. The number of nitrogens with two attached hydrogens (primary N) is 1. The molecule has 3 heteroatoms. The number of amides is 1. The molecule has 1 aliphatic rings. The Balaban J connectivity index is 2.17. The van der Waals surface area contributed by atoms with Crippen LogP contribution in [0.3, 0.4) is 0 Å². The van der Waals surface area contributed by atoms with Crippen molar-refractivity contribution in [2.75, 3.05) is 13.1 Å². The summed E-state index contributed by atoms with van der Waals surface area (Å²) in [6.07, 6.45) is 6.39. The highest BCUT2D eigenvalue weighted by Gasteiger charge is 2.22. The lowest BCUT2D eigenvalue weighted by atomic mass is 10.1. The third-order valence-electron chi connectivity index (χ3n) is 2.82. The van der Waals surface area contributed by atoms with Gasteiger partial charge in [0.2, 0.25) is 5.91 Å². The standard InChI is InChI=1S/C11H22N2O/c1-2-3-4-5-8-13-9-10(12)6-7-11(13)14/h10H,2-9,12H2,1H3. The Morgan fingerprint density at radius 2 is 2.21 bits per heavy atom. The lowest BCUT2D eigenvalue weighted by Crippen LogP contribution is -2.46. The SMILES string of the molecule is CCCCCCN1CC(N)CCC1=O. The molecule has 0 bridgehead atoms. The molecule has 0 spiro atoms. The third-order valence-corrected chi connectivity index (χ3v) is 2.82. The van der Waals surface area contributed by atoms with Crippen LogP contribution in [0.4, 0.5) is 0 Å². The van der Waals surface area contributed by atoms with E-state index >= 15 is 0 Å². The minimum absolute atomic E-state index is 0.207. The first-order chi connectivity index (χ1) is 6.74. The van der Waals surface area contributed by atoms with Crippen molar-refractivity contribution < 1.29 is 4.79 Å². The number of likely N-dealkylation sites (tertiary alicyclic amines) is 1. The molecule has 1 unspecified atom stereocenters. The Hall–Kier alpha value is -0.570. The van der Waals surface area contributed by atoms with Crippen LogP contribution >= 0.6 is 0 Å². The zero-order valence-corrected chi connectivity index (χ0v) is 9.17. The molecule has 1 fully saturated rings. The van der Waals surface area contributed by atoms with E-state index in [2.05, 4.69) is 6.92 Å². The first-order valence-corrected chi connectivity index (χ1v) is 5.77. The van der Waals surface area contributed by atoms with Crippen LogP contribution in [-0.2, 0) is 4.79 Å². The molecule has 0 saturated carbocycles. The van der Waals surface area contributed by atoms with Gasteiger partial charge in [0.15, 0.2) is 0 Å². The summed E-state index contributed by atoms with van der Waals surface area (Å²) in [6, 6.07) is 0.207. The molecule has 1 heterocycles. The fraction of sp³-hybridized carbons (Fsp3) is 0.909. The quantitative estimate of drug-likeness (QED) is 0.681. The number of carbonyl (C=O) groups is 1. The van der Waals surface area contributed by atoms with Gasteiger partial charge in [-0.2, -0.15) is 0 Å². The Labute approximate surface area is 86.6 Å². The minimum atomic E-state index is 0.207. The van der Waals surface area contributed by atoms with Crippen molar-refractivity contribution >= 4 is 5.91 Å². The van der Waals surface area contributed by atoms with E-state index in [9.17, 15) is 4.79 Å². The van der Waals surface area contributed by atoms with Crippen molar-refractivity contribution in [1.29, 1.82) is 0 Å². The molecule has 0 radical (unpaired) electrons. The van der Waals surface area contributed by atoms with Gasteiger partial charge < -0.3 is 10.6 Å². The van der Waals surface area contributed by atoms with E-state index in [0.717, 1.165) is 25.9 Å². The summed E-state index contributed by atoms with van der Waals surface area (Å²) in [5, 5.41) is 0. The third kappa shape index (κ3) is 3.66. The van der Waals surface area contributed by atoms with Crippen molar-refractivity contribution in [3.05, 3.63) is 0 Å². The van der Waals surface area contributed by atoms with Gasteiger partial charge in [-0.25, -0.2) is 0 Å². The van der Waals surface area contributed by atoms with Gasteiger partial charge in [0.05, 0.1) is 0 Å². The van der Waals surface area contributed by atoms with Crippen molar-refractivity contribution in [3.8, 4) is 0 Å². The molecule has 14 heavy (non-hydrogen) atoms. The van der Waals surface area contributed by atoms with Gasteiger partial charge in [0.25, 0.3) is 0 Å². The maximum atomic E-state index is 11.5. The average molecular weight is 198 g/mol. The highest BCUT2D eigenvalue weighted by Crippen LogP contribution is 2.11. The predicted molar refractivity (Wildman–Crippen MR) is 57.9 cm³/mol. The first-order valence-electron chi connectivity index (χ1n) is 5.77. The molecule has 3 nitrogen and oxygen atoms in total. The lowest BCUT2D eigenvalue weighted by molar-refractivity contribution is -0.133. The van der Waals surface area contributed by atoms with Crippen LogP contribution in [-0.4, -0.2) is 29.9 Å². The molecule has 1 atom stereocenters. The maximum absolute atomic E-state index is 11.5. The van der Waals surface area contributed by atoms with Crippen LogP contribution in [0.15, 0.2) is 0 Å². The second kappa shape index (κ2) is 6.02. The molecule has 2 N–H and O–H groups in total. The normalized spacial score (nSPS) is 22.9. The van der Waals surface area contributed by atoms with E-state index in [1.807, 2.05) is 4.90 Å². The van der Waals surface area contributed by atoms with Gasteiger partial charge in [0.1, 0.15) is 0 Å². The Morgan fingerprint density at radius 3 is 2.93 bits per heavy atom. The molecule has 82 valence electrons. The molecule has 0 aromatic rings. The molecular weight excluding hydrogens is 176 g/mol. The smallest absolute Gasteiger partial charge is 0.222 e. The largest absolute Gasteiger partial charge is 0.341 e. The molecule has 1 saturated heterocycles. The molecule has 0 aromatic heterocycles. The average Bonchev–Trinajstić information content (AvgIpc) is 2.18. The van der Waals surface area contributed by atoms with Gasteiger partial charge in [-0.15, -0.1) is 0 Å². The summed E-state index contributed by atoms with van der Waals surface area (Å²) in [5.74, 6) is 0.295. The summed E-state index contributed by atoms with van der Waals surface area (Å²) in [6.45, 7) is 3.87. The van der Waals surface area contributed by atoms with Crippen LogP contribution in [0.5, 0.6) is 0 Å². The topological polar surface area (TPSA) is 46.3 Å². The number of carbonyl (C=O) groups excluding carboxylic acids is 1. The van der Waals surface area contributed by atoms with Crippen molar-refractivity contribution in [3.63, 3.8) is 0 Å². The van der Waals surface area contributed by atoms with E-state index in [0.29, 0.717) is 12.3 Å². The van der Waals surface area contributed by atoms with Crippen LogP contribution < -0.4 is 5.73 Å². The van der Waals surface area contributed by atoms with Gasteiger partial charge in [0, 0.05) is 25.6 Å². The van der Waals surface area contributed by atoms with E-state index in [4.69, 9.17) is 5.73 Å². The molecule has 1 aliphatic heterocycles. The fourth-order valence-electron chi connectivity index (χ4n) is 1.89. The van der Waals surface area contributed by atoms with Gasteiger partial charge >= 0.3 is 0 Å². The molecule has 0 aliphatic carbocycles. The van der Waals surface area contributed by atoms with Gasteiger partial charge in [-0.3, -0.25) is 4.79 Å². The molecule has 0 aromatic carbocycles. The Kier molecular flexibility index (Phi) is 4.94. The summed E-state index contributed by atoms with van der Waals surface area (Å²) in [5.41, 5.74) is 5.82. The number of nitrogens with zero attached hydrogens (tertiary/aromatic N) is 1. The second-order valence-electron chi connectivity index (χ2n) is 4.20. The van der Waals surface area contributed by atoms with Gasteiger partial charge in [-0.1, -0.05) is 26.2 Å². The van der Waals surface area contributed by atoms with Crippen LogP contribution in [0, 0.1) is 0 Å². The zero-order chi connectivity index (χ0) is 10.4. The summed E-state index contributed by atoms with van der Waals surface area (Å²) >= 11 is 0. The maximum Gasteiger partial charge on any atom is 0.222 e. The second-order valence-corrected chi connectivity index (χ2v) is 4.20. The fourth-order valence-corrected chi connectivity index (χ4v) is 1.89. The first kappa shape index (κ1) is 11.5. The summed E-state index contributed by atoms with van der Waals surface area (Å²) < 4.78 is 0. The number of hydrogen-bond acceptors (Lipinski definition) is 2. The Bertz CT molecular complexity index is 182. The molecule has 1 rings (SSSR count). The number of rotatable bonds is 5. The van der Waals surface area contributed by atoms with E-state index < -0.39 is 0 Å². The minimum Gasteiger partial charge on any atom is -0.341 e. The highest BCUT2D eigenvalue weighted by atomic mass is 16.2. The Morgan fingerprint density at radius 1 is 1.43 bits per heavy atom.